The fourth-order valence-electron chi connectivity index (χ4n) is 1.91. The molecule has 2 rings (SSSR count). The Bertz CT molecular complexity index is 470. The van der Waals surface area contributed by atoms with Crippen LogP contribution in [-0.4, -0.2) is 32.2 Å². The molecule has 96 valence electrons. The first-order valence-electron chi connectivity index (χ1n) is 5.91. The lowest BCUT2D eigenvalue weighted by molar-refractivity contribution is 0.101. The number of ether oxygens (including phenoxy) is 1. The van der Waals surface area contributed by atoms with Crippen LogP contribution in [0.4, 0.5) is 0 Å². The summed E-state index contributed by atoms with van der Waals surface area (Å²) in [6.45, 7) is 6.02. The van der Waals surface area contributed by atoms with E-state index in [9.17, 15) is 4.79 Å². The maximum Gasteiger partial charge on any atom is 0.498 e. The van der Waals surface area contributed by atoms with Crippen LogP contribution < -0.4 is 10.2 Å². The van der Waals surface area contributed by atoms with Crippen molar-refractivity contribution in [2.45, 2.75) is 26.4 Å². The molecular formula is C13H17BO4. The average molecular weight is 248 g/mol. The van der Waals surface area contributed by atoms with Gasteiger partial charge < -0.3 is 14.0 Å². The van der Waals surface area contributed by atoms with Crippen molar-refractivity contribution in [2.75, 3.05) is 13.7 Å². The molecule has 0 amide bonds. The Morgan fingerprint density at radius 2 is 2.17 bits per heavy atom. The van der Waals surface area contributed by atoms with Crippen molar-refractivity contribution in [1.29, 1.82) is 0 Å². The van der Waals surface area contributed by atoms with Crippen LogP contribution in [0.2, 0.25) is 0 Å². The summed E-state index contributed by atoms with van der Waals surface area (Å²) in [5, 5.41) is 0. The monoisotopic (exact) mass is 248 g/mol. The van der Waals surface area contributed by atoms with Gasteiger partial charge in [-0.15, -0.1) is 0 Å². The number of hydrogen-bond donors (Lipinski definition) is 0. The first kappa shape index (κ1) is 13.1. The molecule has 0 N–H and O–H groups in total. The van der Waals surface area contributed by atoms with E-state index in [1.54, 1.807) is 19.2 Å². The Balaban J connectivity index is 2.31. The van der Waals surface area contributed by atoms with Crippen molar-refractivity contribution in [3.05, 3.63) is 23.8 Å². The van der Waals surface area contributed by atoms with Gasteiger partial charge in [-0.1, -0.05) is 12.1 Å². The van der Waals surface area contributed by atoms with Gasteiger partial charge in [0, 0.05) is 11.0 Å². The van der Waals surface area contributed by atoms with E-state index in [-0.39, 0.29) is 11.4 Å². The topological polar surface area (TPSA) is 44.8 Å². The molecule has 1 fully saturated rings. The van der Waals surface area contributed by atoms with E-state index in [4.69, 9.17) is 14.0 Å². The summed E-state index contributed by atoms with van der Waals surface area (Å²) in [5.74, 6) is 0.624. The molecule has 1 aromatic carbocycles. The van der Waals surface area contributed by atoms with Crippen LogP contribution in [0.5, 0.6) is 5.75 Å². The lowest BCUT2D eigenvalue weighted by Gasteiger charge is -2.16. The second-order valence-electron chi connectivity index (χ2n) is 5.03. The first-order chi connectivity index (χ1) is 8.43. The number of hydrogen-bond acceptors (Lipinski definition) is 4. The Morgan fingerprint density at radius 1 is 1.44 bits per heavy atom. The molecule has 18 heavy (non-hydrogen) atoms. The highest BCUT2D eigenvalue weighted by atomic mass is 16.7. The van der Waals surface area contributed by atoms with Gasteiger partial charge in [-0.05, 0) is 26.8 Å². The number of carbonyl (C=O) groups is 1. The van der Waals surface area contributed by atoms with Crippen molar-refractivity contribution >= 4 is 18.4 Å². The second-order valence-corrected chi connectivity index (χ2v) is 5.03. The fourth-order valence-corrected chi connectivity index (χ4v) is 1.91. The number of ketones is 1. The summed E-state index contributed by atoms with van der Waals surface area (Å²) < 4.78 is 16.7. The Morgan fingerprint density at radius 3 is 2.67 bits per heavy atom. The molecule has 0 aliphatic carbocycles. The highest BCUT2D eigenvalue weighted by Crippen LogP contribution is 2.22. The highest BCUT2D eigenvalue weighted by Gasteiger charge is 2.39. The van der Waals surface area contributed by atoms with E-state index in [0.717, 1.165) is 5.46 Å². The van der Waals surface area contributed by atoms with E-state index in [2.05, 4.69) is 0 Å². The molecule has 0 unspecified atom stereocenters. The normalized spacial score (nSPS) is 17.9. The molecule has 1 heterocycles. The van der Waals surface area contributed by atoms with Crippen LogP contribution in [0.1, 0.15) is 31.1 Å². The molecule has 4 nitrogen and oxygen atoms in total. The van der Waals surface area contributed by atoms with E-state index in [1.807, 2.05) is 19.9 Å². The van der Waals surface area contributed by atoms with Gasteiger partial charge in [0.15, 0.2) is 5.78 Å². The molecule has 0 radical (unpaired) electrons. The Hall–Kier alpha value is -1.33. The van der Waals surface area contributed by atoms with E-state index >= 15 is 0 Å². The lowest BCUT2D eigenvalue weighted by Crippen LogP contribution is -2.35. The van der Waals surface area contributed by atoms with E-state index < -0.39 is 7.12 Å². The molecule has 1 aliphatic heterocycles. The zero-order chi connectivity index (χ0) is 13.3. The second kappa shape index (κ2) is 4.74. The van der Waals surface area contributed by atoms with Crippen molar-refractivity contribution in [2.24, 2.45) is 0 Å². The summed E-state index contributed by atoms with van der Waals surface area (Å²) in [6, 6.07) is 5.30. The van der Waals surface area contributed by atoms with E-state index in [1.165, 1.54) is 6.92 Å². The molecular weight excluding hydrogens is 231 g/mol. The minimum atomic E-state index is -0.434. The maximum atomic E-state index is 11.3. The van der Waals surface area contributed by atoms with Crippen LogP contribution in [0.3, 0.4) is 0 Å². The van der Waals surface area contributed by atoms with Crippen LogP contribution in [-0.2, 0) is 9.31 Å². The Labute approximate surface area is 107 Å². The van der Waals surface area contributed by atoms with Crippen molar-refractivity contribution in [3.8, 4) is 5.75 Å². The summed E-state index contributed by atoms with van der Waals surface area (Å²) in [6.07, 6.45) is 0. The number of rotatable bonds is 3. The van der Waals surface area contributed by atoms with Crippen LogP contribution in [0.25, 0.3) is 0 Å². The molecule has 1 aromatic rings. The van der Waals surface area contributed by atoms with Gasteiger partial charge in [-0.3, -0.25) is 4.79 Å². The quantitative estimate of drug-likeness (QED) is 0.599. The third kappa shape index (κ3) is 2.57. The summed E-state index contributed by atoms with van der Waals surface area (Å²) in [7, 11) is 1.14. The van der Waals surface area contributed by atoms with Crippen LogP contribution in [0.15, 0.2) is 18.2 Å². The highest BCUT2D eigenvalue weighted by molar-refractivity contribution is 6.63. The zero-order valence-electron chi connectivity index (χ0n) is 11.1. The standard InChI is InChI=1S/C13H17BO4/c1-9(15)10-5-6-11(12(7-10)16-4)14-17-8-13(2,3)18-14/h5-7H,8H2,1-4H3. The number of benzene rings is 1. The SMILES string of the molecule is COc1cc(C(C)=O)ccc1B1OCC(C)(C)O1. The third-order valence-electron chi connectivity index (χ3n) is 2.90. The fraction of sp³-hybridized carbons (Fsp3) is 0.462. The Kier molecular flexibility index (Phi) is 3.46. The number of carbonyl (C=O) groups excluding carboxylic acids is 1. The summed E-state index contributed by atoms with van der Waals surface area (Å²) in [5.41, 5.74) is 1.13. The van der Waals surface area contributed by atoms with Gasteiger partial charge in [-0.2, -0.15) is 0 Å². The zero-order valence-corrected chi connectivity index (χ0v) is 11.1. The van der Waals surface area contributed by atoms with Gasteiger partial charge in [0.05, 0.1) is 19.3 Å². The molecule has 0 aromatic heterocycles. The van der Waals surface area contributed by atoms with E-state index in [0.29, 0.717) is 17.9 Å². The predicted molar refractivity (Wildman–Crippen MR) is 69.5 cm³/mol. The molecule has 0 bridgehead atoms. The van der Waals surface area contributed by atoms with Crippen LogP contribution in [0, 0.1) is 0 Å². The summed E-state index contributed by atoms with van der Waals surface area (Å²) in [4.78, 5) is 11.3. The number of Topliss-reactive ketones (excluding diaryl/α,β-unsaturated/α-hetero) is 1. The lowest BCUT2D eigenvalue weighted by atomic mass is 9.78. The first-order valence-corrected chi connectivity index (χ1v) is 5.91. The molecule has 1 aliphatic rings. The van der Waals surface area contributed by atoms with Crippen molar-refractivity contribution in [3.63, 3.8) is 0 Å². The minimum Gasteiger partial charge on any atom is -0.497 e. The summed E-state index contributed by atoms with van der Waals surface area (Å²) >= 11 is 0. The largest absolute Gasteiger partial charge is 0.498 e. The van der Waals surface area contributed by atoms with Gasteiger partial charge in [-0.25, -0.2) is 0 Å². The maximum absolute atomic E-state index is 11.3. The van der Waals surface area contributed by atoms with Gasteiger partial charge >= 0.3 is 7.12 Å². The van der Waals surface area contributed by atoms with Crippen LogP contribution >= 0.6 is 0 Å². The van der Waals surface area contributed by atoms with Crippen molar-refractivity contribution < 1.29 is 18.8 Å². The molecule has 0 spiro atoms. The number of methoxy groups -OCH3 is 1. The predicted octanol–water partition coefficient (Wildman–Crippen LogP) is 1.42. The average Bonchev–Trinajstić information content (AvgIpc) is 2.68. The van der Waals surface area contributed by atoms with Gasteiger partial charge in [0.1, 0.15) is 5.75 Å². The smallest absolute Gasteiger partial charge is 0.497 e. The molecule has 0 atom stereocenters. The molecule has 5 heteroatoms. The molecule has 1 saturated heterocycles. The van der Waals surface area contributed by atoms with Crippen molar-refractivity contribution in [1.82, 2.24) is 0 Å². The minimum absolute atomic E-state index is 0.00781. The molecule has 0 saturated carbocycles. The van der Waals surface area contributed by atoms with Gasteiger partial charge in [0.2, 0.25) is 0 Å². The van der Waals surface area contributed by atoms with Gasteiger partial charge in [0.25, 0.3) is 0 Å². The third-order valence-corrected chi connectivity index (χ3v) is 2.90.